The zero-order chi connectivity index (χ0) is 12.2. The van der Waals surface area contributed by atoms with Crippen LogP contribution in [0.3, 0.4) is 0 Å². The number of hydrogen-bond acceptors (Lipinski definition) is 3. The van der Waals surface area contributed by atoms with Crippen LogP contribution in [-0.4, -0.2) is 12.2 Å². The summed E-state index contributed by atoms with van der Waals surface area (Å²) in [6, 6.07) is 2.14. The van der Waals surface area contributed by atoms with E-state index in [-0.39, 0.29) is 18.2 Å². The van der Waals surface area contributed by atoms with Gasteiger partial charge in [-0.15, -0.1) is 0 Å². The highest BCUT2D eigenvalue weighted by Crippen LogP contribution is 2.45. The summed E-state index contributed by atoms with van der Waals surface area (Å²) in [6.45, 7) is 6.21. The molecule has 3 atom stereocenters. The van der Waals surface area contributed by atoms with Gasteiger partial charge in [0.25, 0.3) is 0 Å². The maximum Gasteiger partial charge on any atom is 0.128 e. The first-order valence-corrected chi connectivity index (χ1v) is 6.33. The molecule has 0 saturated carbocycles. The van der Waals surface area contributed by atoms with E-state index in [9.17, 15) is 0 Å². The quantitative estimate of drug-likeness (QED) is 0.809. The van der Waals surface area contributed by atoms with Gasteiger partial charge in [-0.2, -0.15) is 0 Å². The molecule has 2 aliphatic rings. The van der Waals surface area contributed by atoms with Gasteiger partial charge in [0.2, 0.25) is 0 Å². The molecule has 17 heavy (non-hydrogen) atoms. The first-order valence-electron chi connectivity index (χ1n) is 6.33. The second kappa shape index (κ2) is 3.64. The molecule has 3 unspecified atom stereocenters. The van der Waals surface area contributed by atoms with Gasteiger partial charge in [-0.1, -0.05) is 0 Å². The van der Waals surface area contributed by atoms with Crippen molar-refractivity contribution in [1.82, 2.24) is 0 Å². The number of rotatable bonds is 1. The van der Waals surface area contributed by atoms with Crippen LogP contribution in [0.25, 0.3) is 0 Å². The van der Waals surface area contributed by atoms with E-state index in [1.165, 1.54) is 11.1 Å². The van der Waals surface area contributed by atoms with Gasteiger partial charge in [-0.05, 0) is 26.8 Å². The van der Waals surface area contributed by atoms with Crippen molar-refractivity contribution >= 4 is 0 Å². The van der Waals surface area contributed by atoms with Gasteiger partial charge >= 0.3 is 0 Å². The molecule has 92 valence electrons. The SMILES string of the molecule is CC1Cc2c(cc3c(c2C(C)N)OC(C)C3)O1. The smallest absolute Gasteiger partial charge is 0.128 e. The number of ether oxygens (including phenoxy) is 2. The molecule has 2 aliphatic heterocycles. The Balaban J connectivity index is 2.18. The molecule has 0 spiro atoms. The van der Waals surface area contributed by atoms with Crippen molar-refractivity contribution in [3.8, 4) is 11.5 Å². The standard InChI is InChI=1S/C14H19NO2/c1-7-4-10-6-12-11(5-8(2)16-12)13(9(3)15)14(10)17-7/h6-9H,4-5,15H2,1-3H3. The zero-order valence-electron chi connectivity index (χ0n) is 10.6. The van der Waals surface area contributed by atoms with Crippen LogP contribution in [0, 0.1) is 0 Å². The average Bonchev–Trinajstić information content (AvgIpc) is 2.73. The highest BCUT2D eigenvalue weighted by atomic mass is 16.5. The number of nitrogens with two attached hydrogens (primary N) is 1. The average molecular weight is 233 g/mol. The summed E-state index contributed by atoms with van der Waals surface area (Å²) in [5.41, 5.74) is 9.77. The lowest BCUT2D eigenvalue weighted by Gasteiger charge is -2.16. The number of hydrogen-bond donors (Lipinski definition) is 1. The Bertz CT molecular complexity index is 432. The first kappa shape index (κ1) is 10.9. The van der Waals surface area contributed by atoms with Crippen LogP contribution in [0.1, 0.15) is 43.5 Å². The van der Waals surface area contributed by atoms with E-state index in [1.807, 2.05) is 6.92 Å². The van der Waals surface area contributed by atoms with Crippen LogP contribution in [-0.2, 0) is 12.8 Å². The molecule has 0 aromatic heterocycles. The van der Waals surface area contributed by atoms with E-state index in [1.54, 1.807) is 0 Å². The van der Waals surface area contributed by atoms with Crippen LogP contribution in [0.2, 0.25) is 0 Å². The molecule has 1 aromatic rings. The van der Waals surface area contributed by atoms with Crippen molar-refractivity contribution in [3.05, 3.63) is 22.8 Å². The Morgan fingerprint density at radius 2 is 1.94 bits per heavy atom. The fourth-order valence-corrected chi connectivity index (χ4v) is 2.94. The Morgan fingerprint density at radius 3 is 2.65 bits per heavy atom. The monoisotopic (exact) mass is 233 g/mol. The first-order chi connectivity index (χ1) is 8.06. The van der Waals surface area contributed by atoms with Crippen molar-refractivity contribution in [1.29, 1.82) is 0 Å². The van der Waals surface area contributed by atoms with E-state index >= 15 is 0 Å². The third kappa shape index (κ3) is 1.61. The minimum atomic E-state index is -0.00194. The molecule has 2 heterocycles. The summed E-state index contributed by atoms with van der Waals surface area (Å²) in [5, 5.41) is 0. The number of benzene rings is 1. The van der Waals surface area contributed by atoms with Crippen molar-refractivity contribution < 1.29 is 9.47 Å². The Morgan fingerprint density at radius 1 is 1.24 bits per heavy atom. The van der Waals surface area contributed by atoms with Crippen LogP contribution in [0.5, 0.6) is 11.5 Å². The molecule has 2 N–H and O–H groups in total. The highest BCUT2D eigenvalue weighted by Gasteiger charge is 2.32. The molecule has 3 rings (SSSR count). The summed E-state index contributed by atoms with van der Waals surface area (Å²) in [5.74, 6) is 2.03. The Kier molecular flexibility index (Phi) is 2.33. The van der Waals surface area contributed by atoms with Gasteiger partial charge in [0.15, 0.2) is 0 Å². The maximum absolute atomic E-state index is 6.12. The molecule has 0 aliphatic carbocycles. The molecular formula is C14H19NO2. The summed E-state index contributed by atoms with van der Waals surface area (Å²) in [6.07, 6.45) is 2.40. The summed E-state index contributed by atoms with van der Waals surface area (Å²) in [4.78, 5) is 0. The molecule has 0 fully saturated rings. The highest BCUT2D eigenvalue weighted by molar-refractivity contribution is 5.58. The molecule has 0 saturated heterocycles. The lowest BCUT2D eigenvalue weighted by molar-refractivity contribution is 0.251. The second-order valence-electron chi connectivity index (χ2n) is 5.31. The number of fused-ring (bicyclic) bond motifs is 2. The van der Waals surface area contributed by atoms with Crippen LogP contribution < -0.4 is 15.2 Å². The lowest BCUT2D eigenvalue weighted by Crippen LogP contribution is -2.12. The summed E-state index contributed by atoms with van der Waals surface area (Å²) in [7, 11) is 0. The minimum Gasteiger partial charge on any atom is -0.490 e. The molecule has 1 aromatic carbocycles. The molecule has 0 bridgehead atoms. The summed E-state index contributed by atoms with van der Waals surface area (Å²) < 4.78 is 11.8. The molecule has 3 nitrogen and oxygen atoms in total. The normalized spacial score (nSPS) is 27.1. The molecule has 0 amide bonds. The largest absolute Gasteiger partial charge is 0.490 e. The van der Waals surface area contributed by atoms with Crippen molar-refractivity contribution in [2.24, 2.45) is 5.73 Å². The van der Waals surface area contributed by atoms with E-state index in [2.05, 4.69) is 19.9 Å². The van der Waals surface area contributed by atoms with E-state index < -0.39 is 0 Å². The van der Waals surface area contributed by atoms with E-state index in [0.29, 0.717) is 0 Å². The predicted molar refractivity (Wildman–Crippen MR) is 66.6 cm³/mol. The second-order valence-corrected chi connectivity index (χ2v) is 5.31. The van der Waals surface area contributed by atoms with Crippen LogP contribution in [0.15, 0.2) is 6.07 Å². The maximum atomic E-state index is 6.12. The fourth-order valence-electron chi connectivity index (χ4n) is 2.94. The van der Waals surface area contributed by atoms with E-state index in [0.717, 1.165) is 29.9 Å². The molecular weight excluding hydrogens is 214 g/mol. The van der Waals surface area contributed by atoms with Gasteiger partial charge in [0.05, 0.1) is 0 Å². The minimum absolute atomic E-state index is 0.00194. The van der Waals surface area contributed by atoms with Crippen LogP contribution in [0.4, 0.5) is 0 Å². The van der Waals surface area contributed by atoms with Crippen molar-refractivity contribution in [3.63, 3.8) is 0 Å². The van der Waals surface area contributed by atoms with Gasteiger partial charge < -0.3 is 15.2 Å². The fraction of sp³-hybridized carbons (Fsp3) is 0.571. The third-order valence-electron chi connectivity index (χ3n) is 3.57. The predicted octanol–water partition coefficient (Wildman–Crippen LogP) is 2.35. The molecule has 0 radical (unpaired) electrons. The Hall–Kier alpha value is -1.22. The Labute approximate surface area is 102 Å². The van der Waals surface area contributed by atoms with Gasteiger partial charge in [-0.3, -0.25) is 0 Å². The van der Waals surface area contributed by atoms with Crippen molar-refractivity contribution in [2.45, 2.75) is 51.9 Å². The van der Waals surface area contributed by atoms with Crippen LogP contribution >= 0.6 is 0 Å². The molecule has 3 heteroatoms. The third-order valence-corrected chi connectivity index (χ3v) is 3.57. The van der Waals surface area contributed by atoms with Gasteiger partial charge in [-0.25, -0.2) is 0 Å². The topological polar surface area (TPSA) is 44.5 Å². The van der Waals surface area contributed by atoms with Gasteiger partial charge in [0, 0.05) is 35.6 Å². The summed E-state index contributed by atoms with van der Waals surface area (Å²) >= 11 is 0. The zero-order valence-corrected chi connectivity index (χ0v) is 10.6. The van der Waals surface area contributed by atoms with Crippen molar-refractivity contribution in [2.75, 3.05) is 0 Å². The van der Waals surface area contributed by atoms with Gasteiger partial charge in [0.1, 0.15) is 23.7 Å². The van der Waals surface area contributed by atoms with E-state index in [4.69, 9.17) is 15.2 Å². The lowest BCUT2D eigenvalue weighted by atomic mass is 9.94.